The Morgan fingerprint density at radius 3 is 2.14 bits per heavy atom. The van der Waals surface area contributed by atoms with E-state index in [-0.39, 0.29) is 35.0 Å². The molecule has 5 saturated heterocycles. The summed E-state index contributed by atoms with van der Waals surface area (Å²) >= 11 is 0. The lowest BCUT2D eigenvalue weighted by Gasteiger charge is -2.62. The van der Waals surface area contributed by atoms with Crippen molar-refractivity contribution >= 4 is 34.8 Å². The van der Waals surface area contributed by atoms with Crippen molar-refractivity contribution in [1.82, 2.24) is 20.0 Å². The summed E-state index contributed by atoms with van der Waals surface area (Å²) in [6.45, 7) is 8.37. The molecule has 12 nitrogen and oxygen atoms in total. The number of amides is 3. The maximum Gasteiger partial charge on any atom is 0.255 e. The van der Waals surface area contributed by atoms with Crippen molar-refractivity contribution in [3.63, 3.8) is 0 Å². The van der Waals surface area contributed by atoms with E-state index >= 15 is 0 Å². The van der Waals surface area contributed by atoms with Crippen LogP contribution < -0.4 is 14.7 Å². The number of aromatic nitrogens is 2. The van der Waals surface area contributed by atoms with Crippen LogP contribution in [0.4, 0.5) is 17.1 Å². The zero-order chi connectivity index (χ0) is 39.0. The third kappa shape index (κ3) is 7.87. The summed E-state index contributed by atoms with van der Waals surface area (Å²) in [5.74, 6) is 0.885. The minimum atomic E-state index is -0.785. The molecule has 57 heavy (non-hydrogen) atoms. The van der Waals surface area contributed by atoms with Crippen LogP contribution in [0.1, 0.15) is 83.5 Å². The largest absolute Gasteiger partial charge is 0.507 e. The van der Waals surface area contributed by atoms with Crippen LogP contribution >= 0.6 is 0 Å². The molecule has 6 aliphatic rings. The van der Waals surface area contributed by atoms with E-state index in [1.54, 1.807) is 18.3 Å². The Kier molecular flexibility index (Phi) is 10.7. The molecule has 0 bridgehead atoms. The lowest BCUT2D eigenvalue weighted by molar-refractivity contribution is -0.194. The van der Waals surface area contributed by atoms with Crippen LogP contribution in [0, 0.1) is 11.3 Å². The molecule has 5 aliphatic heterocycles. The molecule has 0 unspecified atom stereocenters. The number of nitrogens with zero attached hydrogens (tertiary/aromatic N) is 7. The molecule has 6 fully saturated rings. The van der Waals surface area contributed by atoms with Gasteiger partial charge < -0.3 is 29.4 Å². The zero-order valence-electron chi connectivity index (χ0n) is 33.2. The molecule has 302 valence electrons. The van der Waals surface area contributed by atoms with Crippen LogP contribution in [0.2, 0.25) is 0 Å². The van der Waals surface area contributed by atoms with E-state index in [0.717, 1.165) is 70.0 Å². The van der Waals surface area contributed by atoms with Gasteiger partial charge in [0.2, 0.25) is 11.8 Å². The van der Waals surface area contributed by atoms with E-state index in [2.05, 4.69) is 41.9 Å². The van der Waals surface area contributed by atoms with Gasteiger partial charge in [-0.15, -0.1) is 0 Å². The number of benzene rings is 2. The molecule has 2 aromatic carbocycles. The first-order valence-electron chi connectivity index (χ1n) is 21.5. The van der Waals surface area contributed by atoms with Gasteiger partial charge in [0.05, 0.1) is 29.4 Å². The number of carbonyl (C=O) groups is 3. The molecule has 3 amide bonds. The molecule has 12 heteroatoms. The fourth-order valence-corrected chi connectivity index (χ4v) is 10.5. The van der Waals surface area contributed by atoms with E-state index in [1.165, 1.54) is 43.4 Å². The maximum atomic E-state index is 14.5. The summed E-state index contributed by atoms with van der Waals surface area (Å²) in [6, 6.07) is 17.1. The van der Waals surface area contributed by atoms with Gasteiger partial charge in [-0.1, -0.05) is 31.4 Å². The second kappa shape index (κ2) is 16.0. The minimum absolute atomic E-state index is 0.0984. The van der Waals surface area contributed by atoms with Gasteiger partial charge in [-0.2, -0.15) is 10.2 Å². The van der Waals surface area contributed by atoms with Gasteiger partial charge in [0.15, 0.2) is 5.60 Å². The molecule has 1 N–H and O–H groups in total. The van der Waals surface area contributed by atoms with E-state index in [4.69, 9.17) is 4.74 Å². The molecule has 1 aliphatic carbocycles. The molecule has 3 aromatic rings. The van der Waals surface area contributed by atoms with Gasteiger partial charge >= 0.3 is 0 Å². The smallest absolute Gasteiger partial charge is 0.255 e. The number of ether oxygens (including phenoxy) is 1. The van der Waals surface area contributed by atoms with Crippen LogP contribution in [-0.4, -0.2) is 113 Å². The Morgan fingerprint density at radius 1 is 0.772 bits per heavy atom. The Labute approximate surface area is 336 Å². The van der Waals surface area contributed by atoms with Crippen molar-refractivity contribution in [3.05, 3.63) is 60.8 Å². The van der Waals surface area contributed by atoms with Gasteiger partial charge in [0.1, 0.15) is 5.75 Å². The number of hydrogen-bond acceptors (Lipinski definition) is 10. The summed E-state index contributed by atoms with van der Waals surface area (Å²) in [5, 5.41) is 19.0. The number of phenolic OH excluding ortho intramolecular Hbond substituents is 1. The average Bonchev–Trinajstić information content (AvgIpc) is 3.21. The van der Waals surface area contributed by atoms with E-state index in [0.29, 0.717) is 68.1 Å². The topological polar surface area (TPSA) is 123 Å². The van der Waals surface area contributed by atoms with Crippen molar-refractivity contribution in [2.24, 2.45) is 11.3 Å². The Bertz CT molecular complexity index is 1900. The highest BCUT2D eigenvalue weighted by Crippen LogP contribution is 2.44. The summed E-state index contributed by atoms with van der Waals surface area (Å²) < 4.78 is 6.93. The maximum absolute atomic E-state index is 14.5. The number of carbonyl (C=O) groups excluding carboxylic acids is 3. The van der Waals surface area contributed by atoms with Crippen molar-refractivity contribution in [2.45, 2.75) is 95.2 Å². The van der Waals surface area contributed by atoms with Gasteiger partial charge in [-0.25, -0.2) is 0 Å². The summed E-state index contributed by atoms with van der Waals surface area (Å²) in [5.41, 5.74) is 3.52. The third-order valence-electron chi connectivity index (χ3n) is 13.8. The average molecular weight is 776 g/mol. The van der Waals surface area contributed by atoms with E-state index in [9.17, 15) is 19.5 Å². The number of rotatable bonds is 10. The first kappa shape index (κ1) is 38.0. The van der Waals surface area contributed by atoms with Crippen molar-refractivity contribution in [2.75, 3.05) is 73.6 Å². The minimum Gasteiger partial charge on any atom is -0.507 e. The van der Waals surface area contributed by atoms with Crippen molar-refractivity contribution in [3.8, 4) is 17.0 Å². The number of hydrogen-bond donors (Lipinski definition) is 1. The molecular weight excluding hydrogens is 719 g/mol. The van der Waals surface area contributed by atoms with Crippen molar-refractivity contribution in [1.29, 1.82) is 0 Å². The fraction of sp³-hybridized carbons (Fsp3) is 0.578. The molecule has 6 heterocycles. The number of para-hydroxylation sites is 1. The van der Waals surface area contributed by atoms with Crippen LogP contribution in [0.25, 0.3) is 11.3 Å². The predicted octanol–water partition coefficient (Wildman–Crippen LogP) is 6.03. The fourth-order valence-electron chi connectivity index (χ4n) is 10.5. The summed E-state index contributed by atoms with van der Waals surface area (Å²) in [7, 11) is 0. The molecular formula is C45H57N7O5. The van der Waals surface area contributed by atoms with Crippen LogP contribution in [0.3, 0.4) is 0 Å². The first-order valence-corrected chi connectivity index (χ1v) is 21.5. The number of phenols is 1. The standard InChI is InChI=1S/C45H57N7O5/c53-40-10-5-4-9-38(40)39-27-36(28-46-47-39)50-25-20-45(21-26-50,57-37-7-2-1-3-8-37)43(56)51-31-44(32-51)29-48(30-44)22-17-33-18-23-49(24-19-33)34-13-15-35(16-14-34)52-41(54)11-6-12-42(52)55/h4-5,9-10,13-16,27-28,33,37,53H,1-3,6-8,11-12,17-26,29-32H2. The van der Waals surface area contributed by atoms with Crippen molar-refractivity contribution < 1.29 is 24.2 Å². The molecule has 9 rings (SSSR count). The van der Waals surface area contributed by atoms with Crippen LogP contribution in [0.15, 0.2) is 60.8 Å². The monoisotopic (exact) mass is 775 g/mol. The molecule has 1 spiro atoms. The highest BCUT2D eigenvalue weighted by molar-refractivity contribution is 6.16. The normalized spacial score (nSPS) is 23.1. The number of imide groups is 1. The SMILES string of the molecule is O=C1CCCC(=O)N1c1ccc(N2CCC(CCN3CC4(C3)CN(C(=O)C3(OC5CCCCC5)CCN(c5cnnc(-c6ccccc6O)c5)CC3)C4)CC2)cc1. The zero-order valence-corrected chi connectivity index (χ0v) is 33.2. The highest BCUT2D eigenvalue weighted by Gasteiger charge is 2.57. The molecule has 0 radical (unpaired) electrons. The van der Waals surface area contributed by atoms with E-state index in [1.807, 2.05) is 30.3 Å². The predicted molar refractivity (Wildman–Crippen MR) is 219 cm³/mol. The number of piperidine rings is 3. The van der Waals surface area contributed by atoms with Gasteiger partial charge in [-0.3, -0.25) is 19.3 Å². The molecule has 1 saturated carbocycles. The lowest BCUT2D eigenvalue weighted by Crippen LogP contribution is -2.75. The number of anilines is 3. The van der Waals surface area contributed by atoms with E-state index < -0.39 is 5.60 Å². The Morgan fingerprint density at radius 2 is 1.44 bits per heavy atom. The Balaban J connectivity index is 0.745. The van der Waals surface area contributed by atoms with Crippen LogP contribution in [-0.2, 0) is 19.1 Å². The molecule has 0 atom stereocenters. The van der Waals surface area contributed by atoms with Gasteiger partial charge in [0.25, 0.3) is 5.91 Å². The van der Waals surface area contributed by atoms with Gasteiger partial charge in [-0.05, 0) is 93.5 Å². The van der Waals surface area contributed by atoms with Crippen LogP contribution in [0.5, 0.6) is 5.75 Å². The third-order valence-corrected chi connectivity index (χ3v) is 13.8. The highest BCUT2D eigenvalue weighted by atomic mass is 16.5. The second-order valence-electron chi connectivity index (χ2n) is 17.8. The second-order valence-corrected chi connectivity index (χ2v) is 17.8. The first-order chi connectivity index (χ1) is 27.8. The number of likely N-dealkylation sites (tertiary alicyclic amines) is 2. The quantitative estimate of drug-likeness (QED) is 0.245. The Hall–Kier alpha value is -4.55. The summed E-state index contributed by atoms with van der Waals surface area (Å²) in [6.07, 6.45) is 13.9. The summed E-state index contributed by atoms with van der Waals surface area (Å²) in [4.78, 5) is 49.9. The molecule has 1 aromatic heterocycles. The number of aromatic hydroxyl groups is 1. The van der Waals surface area contributed by atoms with Gasteiger partial charge in [0, 0.05) is 94.7 Å². The lowest BCUT2D eigenvalue weighted by atomic mass is 9.71.